The standard InChI is InChI=1S/C20H18N4O/c25-20(18-11-10-15-6-1-2-7-16(15)23-18)21-12-5-13-24-14-22-17-8-3-4-9-19(17)24/h1-4,6-11,14H,5,12-13H2,(H,21,25). The Morgan fingerprint density at radius 3 is 2.68 bits per heavy atom. The third kappa shape index (κ3) is 3.21. The SMILES string of the molecule is O=C(NCCCn1cnc2ccccc21)c1ccc2ccccc2n1. The molecule has 2 aromatic heterocycles. The minimum Gasteiger partial charge on any atom is -0.351 e. The summed E-state index contributed by atoms with van der Waals surface area (Å²) in [7, 11) is 0. The molecule has 0 spiro atoms. The van der Waals surface area contributed by atoms with Gasteiger partial charge in [0, 0.05) is 18.5 Å². The summed E-state index contributed by atoms with van der Waals surface area (Å²) in [6, 6.07) is 19.5. The van der Waals surface area contributed by atoms with Gasteiger partial charge in [-0.05, 0) is 30.7 Å². The maximum Gasteiger partial charge on any atom is 0.269 e. The summed E-state index contributed by atoms with van der Waals surface area (Å²) in [4.78, 5) is 21.1. The summed E-state index contributed by atoms with van der Waals surface area (Å²) >= 11 is 0. The molecule has 0 saturated carbocycles. The summed E-state index contributed by atoms with van der Waals surface area (Å²) in [5.41, 5.74) is 3.39. The van der Waals surface area contributed by atoms with Crippen LogP contribution in [0.5, 0.6) is 0 Å². The van der Waals surface area contributed by atoms with E-state index in [2.05, 4.69) is 25.9 Å². The van der Waals surface area contributed by atoms with Crippen LogP contribution >= 0.6 is 0 Å². The molecule has 4 rings (SSSR count). The highest BCUT2D eigenvalue weighted by atomic mass is 16.1. The summed E-state index contributed by atoms with van der Waals surface area (Å²) in [5.74, 6) is -0.138. The molecule has 0 aliphatic rings. The van der Waals surface area contributed by atoms with Gasteiger partial charge in [-0.1, -0.05) is 36.4 Å². The quantitative estimate of drug-likeness (QED) is 0.571. The Morgan fingerprint density at radius 1 is 0.960 bits per heavy atom. The molecule has 0 unspecified atom stereocenters. The van der Waals surface area contributed by atoms with Crippen LogP contribution in [0.3, 0.4) is 0 Å². The van der Waals surface area contributed by atoms with Crippen LogP contribution in [-0.2, 0) is 6.54 Å². The van der Waals surface area contributed by atoms with Crippen molar-refractivity contribution in [2.75, 3.05) is 6.54 Å². The molecule has 0 radical (unpaired) electrons. The van der Waals surface area contributed by atoms with E-state index in [1.54, 1.807) is 6.07 Å². The first-order valence-corrected chi connectivity index (χ1v) is 8.35. The van der Waals surface area contributed by atoms with Crippen molar-refractivity contribution in [1.29, 1.82) is 0 Å². The number of nitrogens with zero attached hydrogens (tertiary/aromatic N) is 3. The molecule has 0 saturated heterocycles. The number of benzene rings is 2. The zero-order valence-corrected chi connectivity index (χ0v) is 13.7. The lowest BCUT2D eigenvalue weighted by molar-refractivity contribution is 0.0948. The van der Waals surface area contributed by atoms with Crippen LogP contribution in [0.15, 0.2) is 67.0 Å². The molecule has 0 aliphatic heterocycles. The normalized spacial score (nSPS) is 11.0. The monoisotopic (exact) mass is 330 g/mol. The van der Waals surface area contributed by atoms with Crippen LogP contribution in [0.25, 0.3) is 21.9 Å². The second-order valence-electron chi connectivity index (χ2n) is 5.93. The first-order chi connectivity index (χ1) is 12.3. The lowest BCUT2D eigenvalue weighted by Crippen LogP contribution is -2.26. The van der Waals surface area contributed by atoms with Crippen LogP contribution in [-0.4, -0.2) is 27.0 Å². The highest BCUT2D eigenvalue weighted by Crippen LogP contribution is 2.13. The molecule has 1 amide bonds. The van der Waals surface area contributed by atoms with Crippen molar-refractivity contribution in [3.8, 4) is 0 Å². The highest BCUT2D eigenvalue weighted by Gasteiger charge is 2.07. The van der Waals surface area contributed by atoms with Gasteiger partial charge in [0.05, 0.1) is 22.9 Å². The number of para-hydroxylation sites is 3. The Kier molecular flexibility index (Phi) is 4.12. The lowest BCUT2D eigenvalue weighted by atomic mass is 10.2. The van der Waals surface area contributed by atoms with E-state index < -0.39 is 0 Å². The molecule has 124 valence electrons. The molecule has 5 heteroatoms. The molecular formula is C20H18N4O. The fourth-order valence-corrected chi connectivity index (χ4v) is 2.92. The smallest absolute Gasteiger partial charge is 0.269 e. The van der Waals surface area contributed by atoms with Crippen molar-refractivity contribution in [3.63, 3.8) is 0 Å². The predicted octanol–water partition coefficient (Wildman–Crippen LogP) is 3.40. The fraction of sp³-hybridized carbons (Fsp3) is 0.150. The predicted molar refractivity (Wildman–Crippen MR) is 98.4 cm³/mol. The van der Waals surface area contributed by atoms with Gasteiger partial charge in [-0.3, -0.25) is 4.79 Å². The Hall–Kier alpha value is -3.21. The highest BCUT2D eigenvalue weighted by molar-refractivity contribution is 5.94. The summed E-state index contributed by atoms with van der Waals surface area (Å²) in [5, 5.41) is 3.97. The van der Waals surface area contributed by atoms with E-state index in [9.17, 15) is 4.79 Å². The molecule has 2 heterocycles. The molecule has 1 N–H and O–H groups in total. The molecule has 5 nitrogen and oxygen atoms in total. The molecule has 4 aromatic rings. The number of pyridine rings is 1. The van der Waals surface area contributed by atoms with Crippen LogP contribution in [0.1, 0.15) is 16.9 Å². The Balaban J connectivity index is 1.35. The zero-order chi connectivity index (χ0) is 17.1. The van der Waals surface area contributed by atoms with E-state index in [1.807, 2.05) is 54.9 Å². The van der Waals surface area contributed by atoms with Crippen molar-refractivity contribution in [2.45, 2.75) is 13.0 Å². The van der Waals surface area contributed by atoms with Gasteiger partial charge in [-0.25, -0.2) is 9.97 Å². The maximum atomic E-state index is 12.3. The molecule has 25 heavy (non-hydrogen) atoms. The van der Waals surface area contributed by atoms with Gasteiger partial charge in [-0.2, -0.15) is 0 Å². The van der Waals surface area contributed by atoms with Crippen LogP contribution in [0, 0.1) is 0 Å². The van der Waals surface area contributed by atoms with E-state index in [0.29, 0.717) is 12.2 Å². The lowest BCUT2D eigenvalue weighted by Gasteiger charge is -2.07. The summed E-state index contributed by atoms with van der Waals surface area (Å²) < 4.78 is 2.11. The Labute approximate surface area is 145 Å². The van der Waals surface area contributed by atoms with E-state index in [0.717, 1.165) is 34.9 Å². The number of carbonyl (C=O) groups is 1. The number of aromatic nitrogens is 3. The molecule has 0 atom stereocenters. The molecule has 0 aliphatic carbocycles. The van der Waals surface area contributed by atoms with Gasteiger partial charge in [-0.15, -0.1) is 0 Å². The minimum absolute atomic E-state index is 0.138. The number of aryl methyl sites for hydroxylation is 1. The largest absolute Gasteiger partial charge is 0.351 e. The first kappa shape index (κ1) is 15.3. The number of carbonyl (C=O) groups excluding carboxylic acids is 1. The average molecular weight is 330 g/mol. The van der Waals surface area contributed by atoms with Gasteiger partial charge >= 0.3 is 0 Å². The number of hydrogen-bond acceptors (Lipinski definition) is 3. The fourth-order valence-electron chi connectivity index (χ4n) is 2.92. The Morgan fingerprint density at radius 2 is 1.76 bits per heavy atom. The molecular weight excluding hydrogens is 312 g/mol. The second-order valence-corrected chi connectivity index (χ2v) is 5.93. The third-order valence-electron chi connectivity index (χ3n) is 4.22. The van der Waals surface area contributed by atoms with Crippen molar-refractivity contribution >= 4 is 27.8 Å². The van der Waals surface area contributed by atoms with E-state index in [4.69, 9.17) is 0 Å². The average Bonchev–Trinajstić information content (AvgIpc) is 3.08. The molecule has 0 bridgehead atoms. The maximum absolute atomic E-state index is 12.3. The number of hydrogen-bond donors (Lipinski definition) is 1. The van der Waals surface area contributed by atoms with Gasteiger partial charge in [0.15, 0.2) is 0 Å². The van der Waals surface area contributed by atoms with Crippen molar-refractivity contribution in [2.24, 2.45) is 0 Å². The molecule has 0 fully saturated rings. The van der Waals surface area contributed by atoms with Gasteiger partial charge in [0.25, 0.3) is 5.91 Å². The van der Waals surface area contributed by atoms with Crippen LogP contribution in [0.4, 0.5) is 0 Å². The van der Waals surface area contributed by atoms with Gasteiger partial charge in [0.1, 0.15) is 5.69 Å². The second kappa shape index (κ2) is 6.73. The summed E-state index contributed by atoms with van der Waals surface area (Å²) in [6.45, 7) is 1.41. The third-order valence-corrected chi connectivity index (χ3v) is 4.22. The molecule has 2 aromatic carbocycles. The topological polar surface area (TPSA) is 59.8 Å². The summed E-state index contributed by atoms with van der Waals surface area (Å²) in [6.07, 6.45) is 2.68. The van der Waals surface area contributed by atoms with Crippen molar-refractivity contribution in [1.82, 2.24) is 19.9 Å². The Bertz CT molecular complexity index is 1040. The van der Waals surface area contributed by atoms with Crippen LogP contribution in [0.2, 0.25) is 0 Å². The van der Waals surface area contributed by atoms with Gasteiger partial charge in [0.2, 0.25) is 0 Å². The number of nitrogens with one attached hydrogen (secondary N) is 1. The van der Waals surface area contributed by atoms with Crippen molar-refractivity contribution in [3.05, 3.63) is 72.7 Å². The van der Waals surface area contributed by atoms with E-state index in [-0.39, 0.29) is 5.91 Å². The zero-order valence-electron chi connectivity index (χ0n) is 13.7. The van der Waals surface area contributed by atoms with E-state index >= 15 is 0 Å². The van der Waals surface area contributed by atoms with Gasteiger partial charge < -0.3 is 9.88 Å². The number of rotatable bonds is 5. The minimum atomic E-state index is -0.138. The number of fused-ring (bicyclic) bond motifs is 2. The van der Waals surface area contributed by atoms with E-state index in [1.165, 1.54) is 0 Å². The van der Waals surface area contributed by atoms with Crippen LogP contribution < -0.4 is 5.32 Å². The number of imidazole rings is 1. The van der Waals surface area contributed by atoms with Crippen molar-refractivity contribution < 1.29 is 4.79 Å². The first-order valence-electron chi connectivity index (χ1n) is 8.35. The number of amides is 1.